The van der Waals surface area contributed by atoms with Crippen LogP contribution in [0.2, 0.25) is 0 Å². The zero-order chi connectivity index (χ0) is 21.9. The highest BCUT2D eigenvalue weighted by Gasteiger charge is 2.46. The van der Waals surface area contributed by atoms with Gasteiger partial charge in [0.1, 0.15) is 58.6 Å². The van der Waals surface area contributed by atoms with Crippen molar-refractivity contribution in [2.75, 3.05) is 6.61 Å². The third kappa shape index (κ3) is 2.83. The maximum absolute atomic E-state index is 12.9. The Labute approximate surface area is 166 Å². The van der Waals surface area contributed by atoms with Gasteiger partial charge in [-0.15, -0.1) is 0 Å². The van der Waals surface area contributed by atoms with Crippen molar-refractivity contribution in [1.29, 1.82) is 0 Å². The SMILES string of the molecule is O=c1c2cc(O)c(O)cc2oc2cc(O)c([C@@H]3O[C@H](CO)[C@@H](O)[C@@H](O)[C@H]3O)c(O)c12. The first-order valence-corrected chi connectivity index (χ1v) is 8.83. The highest BCUT2D eigenvalue weighted by atomic mass is 16.5. The zero-order valence-electron chi connectivity index (χ0n) is 15.1. The van der Waals surface area contributed by atoms with Gasteiger partial charge in [-0.2, -0.15) is 0 Å². The highest BCUT2D eigenvalue weighted by molar-refractivity contribution is 5.96. The van der Waals surface area contributed by atoms with Gasteiger partial charge in [0.15, 0.2) is 11.5 Å². The number of aliphatic hydroxyl groups is 4. The molecule has 1 aromatic heterocycles. The van der Waals surface area contributed by atoms with Crippen molar-refractivity contribution in [1.82, 2.24) is 0 Å². The summed E-state index contributed by atoms with van der Waals surface area (Å²) in [6.45, 7) is -0.730. The Bertz CT molecular complexity index is 1200. The number of hydrogen-bond acceptors (Lipinski definition) is 11. The van der Waals surface area contributed by atoms with Crippen LogP contribution in [0.4, 0.5) is 0 Å². The molecule has 11 nitrogen and oxygen atoms in total. The van der Waals surface area contributed by atoms with Gasteiger partial charge < -0.3 is 50.0 Å². The first-order valence-electron chi connectivity index (χ1n) is 8.83. The third-order valence-corrected chi connectivity index (χ3v) is 5.23. The number of aromatic hydroxyl groups is 4. The molecule has 2 aromatic carbocycles. The number of hydrogen-bond donors (Lipinski definition) is 8. The average molecular weight is 422 g/mol. The van der Waals surface area contributed by atoms with Gasteiger partial charge in [-0.3, -0.25) is 4.79 Å². The van der Waals surface area contributed by atoms with E-state index in [2.05, 4.69) is 0 Å². The second-order valence-electron chi connectivity index (χ2n) is 7.05. The van der Waals surface area contributed by atoms with E-state index in [1.807, 2.05) is 0 Å². The lowest BCUT2D eigenvalue weighted by Crippen LogP contribution is -2.55. The number of phenols is 4. The van der Waals surface area contributed by atoms with Crippen LogP contribution in [0.25, 0.3) is 21.9 Å². The van der Waals surface area contributed by atoms with Gasteiger partial charge in [-0.25, -0.2) is 0 Å². The minimum absolute atomic E-state index is 0.123. The quantitative estimate of drug-likeness (QED) is 0.191. The van der Waals surface area contributed by atoms with E-state index in [1.165, 1.54) is 0 Å². The Kier molecular flexibility index (Phi) is 4.71. The number of ether oxygens (including phenoxy) is 1. The Morgan fingerprint density at radius 1 is 0.833 bits per heavy atom. The summed E-state index contributed by atoms with van der Waals surface area (Å²) in [5.74, 6) is -2.62. The van der Waals surface area contributed by atoms with Crippen LogP contribution in [-0.4, -0.2) is 71.9 Å². The average Bonchev–Trinajstić information content (AvgIpc) is 2.69. The monoisotopic (exact) mass is 422 g/mol. The van der Waals surface area contributed by atoms with Gasteiger partial charge in [0.25, 0.3) is 0 Å². The second-order valence-corrected chi connectivity index (χ2v) is 7.05. The van der Waals surface area contributed by atoms with Crippen molar-refractivity contribution in [2.45, 2.75) is 30.5 Å². The summed E-state index contributed by atoms with van der Waals surface area (Å²) in [5.41, 5.74) is -1.66. The minimum Gasteiger partial charge on any atom is -0.507 e. The summed E-state index contributed by atoms with van der Waals surface area (Å²) in [4.78, 5) is 12.9. The maximum Gasteiger partial charge on any atom is 0.204 e. The summed E-state index contributed by atoms with van der Waals surface area (Å²) in [5, 5.41) is 79.4. The Morgan fingerprint density at radius 2 is 1.47 bits per heavy atom. The normalized spacial score (nSPS) is 27.0. The van der Waals surface area contributed by atoms with E-state index in [1.54, 1.807) is 0 Å². The van der Waals surface area contributed by atoms with E-state index in [9.17, 15) is 45.6 Å². The molecule has 1 saturated heterocycles. The predicted octanol–water partition coefficient (Wildman–Crippen LogP) is -0.717. The van der Waals surface area contributed by atoms with Gasteiger partial charge in [0, 0.05) is 12.1 Å². The van der Waals surface area contributed by atoms with E-state index >= 15 is 0 Å². The van der Waals surface area contributed by atoms with Gasteiger partial charge >= 0.3 is 0 Å². The zero-order valence-corrected chi connectivity index (χ0v) is 15.1. The Morgan fingerprint density at radius 3 is 2.13 bits per heavy atom. The molecule has 1 aliphatic rings. The predicted molar refractivity (Wildman–Crippen MR) is 99.4 cm³/mol. The number of rotatable bonds is 2. The molecule has 0 unspecified atom stereocenters. The van der Waals surface area contributed by atoms with E-state index < -0.39 is 76.5 Å². The molecule has 1 aliphatic heterocycles. The molecule has 5 atom stereocenters. The van der Waals surface area contributed by atoms with Crippen LogP contribution in [0, 0.1) is 0 Å². The van der Waals surface area contributed by atoms with E-state index in [0.717, 1.165) is 18.2 Å². The summed E-state index contributed by atoms with van der Waals surface area (Å²) in [6, 6.07) is 2.90. The van der Waals surface area contributed by atoms with Crippen molar-refractivity contribution >= 4 is 21.9 Å². The van der Waals surface area contributed by atoms with Crippen LogP contribution >= 0.6 is 0 Å². The number of phenolic OH excluding ortho intramolecular Hbond substituents is 4. The molecular weight excluding hydrogens is 404 g/mol. The van der Waals surface area contributed by atoms with Crippen molar-refractivity contribution in [3.8, 4) is 23.0 Å². The van der Waals surface area contributed by atoms with E-state index in [-0.39, 0.29) is 16.6 Å². The van der Waals surface area contributed by atoms with Gasteiger partial charge in [0.05, 0.1) is 17.6 Å². The Balaban J connectivity index is 1.98. The van der Waals surface area contributed by atoms with Crippen LogP contribution in [0.3, 0.4) is 0 Å². The Hall–Kier alpha value is -3.09. The summed E-state index contributed by atoms with van der Waals surface area (Å²) in [7, 11) is 0. The van der Waals surface area contributed by atoms with E-state index in [4.69, 9.17) is 9.15 Å². The number of aliphatic hydroxyl groups excluding tert-OH is 4. The molecular formula is C19H18O11. The molecule has 0 amide bonds. The van der Waals surface area contributed by atoms with Crippen LogP contribution in [0.5, 0.6) is 23.0 Å². The van der Waals surface area contributed by atoms with E-state index in [0.29, 0.717) is 0 Å². The molecule has 0 aliphatic carbocycles. The first-order chi connectivity index (χ1) is 14.1. The van der Waals surface area contributed by atoms with Gasteiger partial charge in [0.2, 0.25) is 5.43 Å². The molecule has 1 fully saturated rings. The molecule has 0 spiro atoms. The molecule has 0 radical (unpaired) electrons. The minimum atomic E-state index is -1.81. The second kappa shape index (κ2) is 7.00. The molecule has 0 saturated carbocycles. The third-order valence-electron chi connectivity index (χ3n) is 5.23. The number of fused-ring (bicyclic) bond motifs is 2. The largest absolute Gasteiger partial charge is 0.507 e. The molecule has 8 N–H and O–H groups in total. The first kappa shape index (κ1) is 20.2. The molecule has 2 heterocycles. The summed E-state index contributed by atoms with van der Waals surface area (Å²) >= 11 is 0. The fraction of sp³-hybridized carbons (Fsp3) is 0.316. The molecule has 4 rings (SSSR count). The summed E-state index contributed by atoms with van der Waals surface area (Å²) < 4.78 is 10.8. The lowest BCUT2D eigenvalue weighted by Gasteiger charge is -2.40. The standard InChI is InChI=1S/C19H18O11/c20-4-11-15(25)17(27)18(28)19(30-11)12-8(23)3-10-13(16(12)26)14(24)5-1-6(21)7(22)2-9(5)29-10/h1-3,11,15,17-23,25-28H,4H2/t11-,15-,17-,18-,19+/m1/s1. The highest BCUT2D eigenvalue weighted by Crippen LogP contribution is 2.45. The molecule has 160 valence electrons. The van der Waals surface area contributed by atoms with Crippen LogP contribution < -0.4 is 5.43 Å². The maximum atomic E-state index is 12.9. The van der Waals surface area contributed by atoms with Gasteiger partial charge in [-0.05, 0) is 6.07 Å². The lowest BCUT2D eigenvalue weighted by atomic mass is 9.89. The van der Waals surface area contributed by atoms with Crippen molar-refractivity contribution in [3.05, 3.63) is 34.0 Å². The van der Waals surface area contributed by atoms with Crippen molar-refractivity contribution in [3.63, 3.8) is 0 Å². The van der Waals surface area contributed by atoms with Crippen molar-refractivity contribution < 1.29 is 50.0 Å². The topological polar surface area (TPSA) is 201 Å². The van der Waals surface area contributed by atoms with Crippen molar-refractivity contribution in [2.24, 2.45) is 0 Å². The molecule has 0 bridgehead atoms. The van der Waals surface area contributed by atoms with Crippen LogP contribution in [0.15, 0.2) is 27.4 Å². The van der Waals surface area contributed by atoms with Crippen LogP contribution in [-0.2, 0) is 4.74 Å². The number of benzene rings is 2. The lowest BCUT2D eigenvalue weighted by molar-refractivity contribution is -0.232. The van der Waals surface area contributed by atoms with Gasteiger partial charge in [-0.1, -0.05) is 0 Å². The summed E-state index contributed by atoms with van der Waals surface area (Å²) in [6.07, 6.45) is -8.16. The molecule has 30 heavy (non-hydrogen) atoms. The smallest absolute Gasteiger partial charge is 0.204 e. The fourth-order valence-corrected chi connectivity index (χ4v) is 3.64. The fourth-order valence-electron chi connectivity index (χ4n) is 3.64. The molecule has 3 aromatic rings. The van der Waals surface area contributed by atoms with Crippen LogP contribution in [0.1, 0.15) is 11.7 Å². The molecule has 11 heteroatoms.